The topological polar surface area (TPSA) is 63.4 Å². The zero-order valence-electron chi connectivity index (χ0n) is 12.6. The van der Waals surface area contributed by atoms with Gasteiger partial charge in [-0.25, -0.2) is 8.42 Å². The van der Waals surface area contributed by atoms with Crippen LogP contribution in [0.25, 0.3) is 0 Å². The third-order valence-corrected chi connectivity index (χ3v) is 6.55. The molecule has 2 atom stereocenters. The van der Waals surface area contributed by atoms with Crippen LogP contribution in [-0.4, -0.2) is 32.5 Å². The minimum absolute atomic E-state index is 0.178. The molecule has 1 aliphatic heterocycles. The zero-order chi connectivity index (χ0) is 15.0. The lowest BCUT2D eigenvalue weighted by atomic mass is 9.90. The van der Waals surface area contributed by atoms with Crippen molar-refractivity contribution in [2.24, 2.45) is 0 Å². The Morgan fingerprint density at radius 3 is 2.81 bits per heavy atom. The molecule has 21 heavy (non-hydrogen) atoms. The quantitative estimate of drug-likeness (QED) is 0.852. The molecule has 4 nitrogen and oxygen atoms in total. The van der Waals surface area contributed by atoms with E-state index in [1.54, 1.807) is 0 Å². The van der Waals surface area contributed by atoms with E-state index in [4.69, 9.17) is 5.73 Å². The first kappa shape index (κ1) is 14.7. The van der Waals surface area contributed by atoms with Crippen molar-refractivity contribution in [3.05, 3.63) is 23.8 Å². The summed E-state index contributed by atoms with van der Waals surface area (Å²) in [4.78, 5) is 2.41. The summed E-state index contributed by atoms with van der Waals surface area (Å²) in [6, 6.07) is 6.47. The number of aryl methyl sites for hydroxylation is 1. The Balaban J connectivity index is 1.86. The molecule has 116 valence electrons. The molecular weight excluding hydrogens is 284 g/mol. The summed E-state index contributed by atoms with van der Waals surface area (Å²) in [7, 11) is -2.93. The second-order valence-electron chi connectivity index (χ2n) is 6.46. The van der Waals surface area contributed by atoms with Gasteiger partial charge in [0.15, 0.2) is 0 Å². The summed E-state index contributed by atoms with van der Waals surface area (Å²) in [6.07, 6.45) is 7.25. The van der Waals surface area contributed by atoms with E-state index in [2.05, 4.69) is 17.0 Å². The molecule has 2 N–H and O–H groups in total. The largest absolute Gasteiger partial charge is 0.399 e. The van der Waals surface area contributed by atoms with Gasteiger partial charge in [0.1, 0.15) is 9.84 Å². The SMILES string of the molecule is CS(=O)(=O)C1CCCC(N2CCCc3ccc(N)cc32)C1. The summed E-state index contributed by atoms with van der Waals surface area (Å²) < 4.78 is 23.8. The number of benzene rings is 1. The fraction of sp³-hybridized carbons (Fsp3) is 0.625. The monoisotopic (exact) mass is 308 g/mol. The molecule has 5 heteroatoms. The van der Waals surface area contributed by atoms with E-state index in [1.165, 1.54) is 17.5 Å². The predicted octanol–water partition coefficient (Wildman–Crippen LogP) is 2.38. The van der Waals surface area contributed by atoms with Gasteiger partial charge in [-0.05, 0) is 49.8 Å². The Morgan fingerprint density at radius 2 is 2.05 bits per heavy atom. The number of hydrogen-bond donors (Lipinski definition) is 1. The lowest BCUT2D eigenvalue weighted by Gasteiger charge is -2.41. The van der Waals surface area contributed by atoms with Crippen LogP contribution >= 0.6 is 0 Å². The van der Waals surface area contributed by atoms with E-state index in [9.17, 15) is 8.42 Å². The number of rotatable bonds is 2. The van der Waals surface area contributed by atoms with E-state index >= 15 is 0 Å². The Hall–Kier alpha value is -1.23. The molecule has 1 aromatic rings. The molecule has 0 radical (unpaired) electrons. The van der Waals surface area contributed by atoms with Crippen LogP contribution in [-0.2, 0) is 16.3 Å². The number of hydrogen-bond acceptors (Lipinski definition) is 4. The summed E-state index contributed by atoms with van der Waals surface area (Å²) in [5.41, 5.74) is 9.30. The molecule has 0 bridgehead atoms. The number of nitrogens with two attached hydrogens (primary N) is 1. The highest BCUT2D eigenvalue weighted by Gasteiger charge is 2.33. The summed E-state index contributed by atoms with van der Waals surface area (Å²) in [5, 5.41) is -0.178. The third kappa shape index (κ3) is 3.03. The van der Waals surface area contributed by atoms with Crippen molar-refractivity contribution in [2.75, 3.05) is 23.4 Å². The molecule has 2 unspecified atom stereocenters. The summed E-state index contributed by atoms with van der Waals surface area (Å²) in [6.45, 7) is 1.01. The fourth-order valence-electron chi connectivity index (χ4n) is 3.79. The van der Waals surface area contributed by atoms with Gasteiger partial charge in [-0.1, -0.05) is 12.5 Å². The minimum Gasteiger partial charge on any atom is -0.399 e. The molecule has 0 saturated heterocycles. The molecule has 0 aromatic heterocycles. The van der Waals surface area contributed by atoms with E-state index in [0.29, 0.717) is 6.04 Å². The van der Waals surface area contributed by atoms with Crippen LogP contribution in [0.1, 0.15) is 37.7 Å². The number of sulfone groups is 1. The highest BCUT2D eigenvalue weighted by Crippen LogP contribution is 2.36. The van der Waals surface area contributed by atoms with Gasteiger partial charge in [-0.15, -0.1) is 0 Å². The van der Waals surface area contributed by atoms with Gasteiger partial charge in [-0.3, -0.25) is 0 Å². The molecule has 0 amide bonds. The van der Waals surface area contributed by atoms with Crippen LogP contribution in [0.5, 0.6) is 0 Å². The highest BCUT2D eigenvalue weighted by atomic mass is 32.2. The van der Waals surface area contributed by atoms with Gasteiger partial charge in [0.2, 0.25) is 0 Å². The third-order valence-electron chi connectivity index (χ3n) is 4.91. The Labute approximate surface area is 127 Å². The molecule has 0 spiro atoms. The van der Waals surface area contributed by atoms with E-state index in [0.717, 1.165) is 50.8 Å². The van der Waals surface area contributed by atoms with Crippen molar-refractivity contribution < 1.29 is 8.42 Å². The van der Waals surface area contributed by atoms with Gasteiger partial charge in [0, 0.05) is 30.2 Å². The smallest absolute Gasteiger partial charge is 0.150 e. The lowest BCUT2D eigenvalue weighted by Crippen LogP contribution is -2.44. The van der Waals surface area contributed by atoms with Gasteiger partial charge in [0.05, 0.1) is 5.25 Å². The highest BCUT2D eigenvalue weighted by molar-refractivity contribution is 7.91. The van der Waals surface area contributed by atoms with Crippen LogP contribution in [0.3, 0.4) is 0 Å². The zero-order valence-corrected chi connectivity index (χ0v) is 13.4. The Kier molecular flexibility index (Phi) is 3.86. The van der Waals surface area contributed by atoms with E-state index in [-0.39, 0.29) is 5.25 Å². The average Bonchev–Trinajstić information content (AvgIpc) is 2.46. The summed E-state index contributed by atoms with van der Waals surface area (Å²) >= 11 is 0. The molecule has 1 aromatic carbocycles. The van der Waals surface area contributed by atoms with Crippen LogP contribution in [0, 0.1) is 0 Å². The molecule has 1 heterocycles. The minimum atomic E-state index is -2.93. The normalized spacial score (nSPS) is 26.4. The Morgan fingerprint density at radius 1 is 1.24 bits per heavy atom. The number of nitrogens with zero attached hydrogens (tertiary/aromatic N) is 1. The molecule has 3 rings (SSSR count). The first-order valence-corrected chi connectivity index (χ1v) is 9.74. The fourth-order valence-corrected chi connectivity index (χ4v) is 4.96. The van der Waals surface area contributed by atoms with Crippen LogP contribution in [0.4, 0.5) is 11.4 Å². The maximum atomic E-state index is 11.9. The lowest BCUT2D eigenvalue weighted by molar-refractivity contribution is 0.404. The molecular formula is C16H24N2O2S. The van der Waals surface area contributed by atoms with Crippen LogP contribution < -0.4 is 10.6 Å². The summed E-state index contributed by atoms with van der Waals surface area (Å²) in [5.74, 6) is 0. The van der Waals surface area contributed by atoms with Crippen molar-refractivity contribution in [1.82, 2.24) is 0 Å². The molecule has 1 saturated carbocycles. The van der Waals surface area contributed by atoms with Crippen molar-refractivity contribution in [3.8, 4) is 0 Å². The standard InChI is InChI=1S/C16H24N2O2S/c1-21(19,20)15-6-2-5-14(11-15)18-9-3-4-12-7-8-13(17)10-16(12)18/h7-8,10,14-15H,2-6,9,11,17H2,1H3. The first-order valence-electron chi connectivity index (χ1n) is 7.79. The molecule has 1 fully saturated rings. The van der Waals surface area contributed by atoms with E-state index < -0.39 is 9.84 Å². The molecule has 1 aliphatic carbocycles. The number of anilines is 2. The maximum absolute atomic E-state index is 11.9. The van der Waals surface area contributed by atoms with Gasteiger partial charge in [0.25, 0.3) is 0 Å². The molecule has 2 aliphatic rings. The van der Waals surface area contributed by atoms with Gasteiger partial charge >= 0.3 is 0 Å². The Bertz CT molecular complexity index is 627. The average molecular weight is 308 g/mol. The van der Waals surface area contributed by atoms with Crippen molar-refractivity contribution in [1.29, 1.82) is 0 Å². The number of fused-ring (bicyclic) bond motifs is 1. The first-order chi connectivity index (χ1) is 9.95. The van der Waals surface area contributed by atoms with Crippen molar-refractivity contribution >= 4 is 21.2 Å². The van der Waals surface area contributed by atoms with Crippen molar-refractivity contribution in [2.45, 2.75) is 49.8 Å². The van der Waals surface area contributed by atoms with Gasteiger partial charge < -0.3 is 10.6 Å². The van der Waals surface area contributed by atoms with Gasteiger partial charge in [-0.2, -0.15) is 0 Å². The predicted molar refractivity (Wildman–Crippen MR) is 87.4 cm³/mol. The second kappa shape index (κ2) is 5.52. The van der Waals surface area contributed by atoms with Crippen LogP contribution in [0.15, 0.2) is 18.2 Å². The number of nitrogen functional groups attached to an aromatic ring is 1. The van der Waals surface area contributed by atoms with E-state index in [1.807, 2.05) is 6.07 Å². The van der Waals surface area contributed by atoms with Crippen LogP contribution in [0.2, 0.25) is 0 Å². The second-order valence-corrected chi connectivity index (χ2v) is 8.78. The maximum Gasteiger partial charge on any atom is 0.150 e. The van der Waals surface area contributed by atoms with Crippen molar-refractivity contribution in [3.63, 3.8) is 0 Å².